The van der Waals surface area contributed by atoms with Crippen LogP contribution in [0, 0.1) is 6.92 Å². The van der Waals surface area contributed by atoms with E-state index in [0.717, 1.165) is 16.3 Å². The van der Waals surface area contributed by atoms with E-state index in [1.165, 1.54) is 11.3 Å². The Morgan fingerprint density at radius 2 is 1.93 bits per heavy atom. The smallest absolute Gasteiger partial charge is 0.358 e. The largest absolute Gasteiger partial charge is 0.462 e. The van der Waals surface area contributed by atoms with Gasteiger partial charge in [0.1, 0.15) is 0 Å². The molecule has 1 amide bonds. The highest BCUT2D eigenvalue weighted by molar-refractivity contribution is 7.15. The molecular formula is C23H20N2O4S. The maximum atomic E-state index is 12.4. The summed E-state index contributed by atoms with van der Waals surface area (Å²) in [4.78, 5) is 29.7. The molecule has 1 N–H and O–H groups in total. The van der Waals surface area contributed by atoms with E-state index in [1.807, 2.05) is 49.4 Å². The number of amides is 1. The Kier molecular flexibility index (Phi) is 5.63. The number of ether oxygens (including phenoxy) is 1. The summed E-state index contributed by atoms with van der Waals surface area (Å²) >= 11 is 1.34. The average molecular weight is 420 g/mol. The van der Waals surface area contributed by atoms with Crippen molar-refractivity contribution < 1.29 is 18.7 Å². The predicted molar refractivity (Wildman–Crippen MR) is 115 cm³/mol. The summed E-state index contributed by atoms with van der Waals surface area (Å²) in [7, 11) is 0. The molecule has 0 aliphatic carbocycles. The molecular weight excluding hydrogens is 400 g/mol. The number of benzene rings is 2. The Morgan fingerprint density at radius 3 is 2.73 bits per heavy atom. The number of hydrogen-bond acceptors (Lipinski definition) is 6. The number of rotatable bonds is 6. The number of furan rings is 1. The Balaban J connectivity index is 1.38. The Morgan fingerprint density at radius 1 is 1.13 bits per heavy atom. The lowest BCUT2D eigenvalue weighted by Crippen LogP contribution is -2.31. The summed E-state index contributed by atoms with van der Waals surface area (Å²) in [6, 6.07) is 17.3. The number of thiazole rings is 1. The van der Waals surface area contributed by atoms with Gasteiger partial charge in [0.25, 0.3) is 5.91 Å². The van der Waals surface area contributed by atoms with Crippen molar-refractivity contribution >= 4 is 34.0 Å². The van der Waals surface area contributed by atoms with Crippen molar-refractivity contribution in [1.29, 1.82) is 0 Å². The van der Waals surface area contributed by atoms with E-state index in [1.54, 1.807) is 25.3 Å². The summed E-state index contributed by atoms with van der Waals surface area (Å²) in [5, 5.41) is 5.67. The molecule has 4 aromatic rings. The minimum absolute atomic E-state index is 0.196. The summed E-state index contributed by atoms with van der Waals surface area (Å²) in [5.74, 6) is -0.416. The second kappa shape index (κ2) is 8.51. The van der Waals surface area contributed by atoms with Gasteiger partial charge in [0.05, 0.1) is 12.3 Å². The van der Waals surface area contributed by atoms with Gasteiger partial charge in [0.2, 0.25) is 0 Å². The third-order valence-electron chi connectivity index (χ3n) is 4.72. The summed E-state index contributed by atoms with van der Waals surface area (Å²) in [5.41, 5.74) is 1.20. The van der Waals surface area contributed by atoms with Crippen molar-refractivity contribution in [1.82, 2.24) is 10.3 Å². The Bertz CT molecular complexity index is 1190. The summed E-state index contributed by atoms with van der Waals surface area (Å²) in [6.07, 6.45) is 1.55. The van der Waals surface area contributed by atoms with Crippen LogP contribution >= 0.6 is 11.3 Å². The number of nitrogens with one attached hydrogen (secondary N) is 1. The number of hydrogen-bond donors (Lipinski definition) is 1. The Labute approximate surface area is 177 Å². The standard InChI is InChI=1S/C23H20N2O4S/c1-14(17-10-5-8-16-7-3-4-9-18(16)17)24-20(26)13-29-23(27)21-15(2)30-22(25-21)19-11-6-12-28-19/h3-12,14H,13H2,1-2H3,(H,24,26). The molecule has 2 heterocycles. The maximum Gasteiger partial charge on any atom is 0.358 e. The first kappa shape index (κ1) is 19.8. The fourth-order valence-electron chi connectivity index (χ4n) is 3.28. The molecule has 0 radical (unpaired) electrons. The third kappa shape index (κ3) is 4.11. The summed E-state index contributed by atoms with van der Waals surface area (Å²) in [6.45, 7) is 3.31. The maximum absolute atomic E-state index is 12.4. The average Bonchev–Trinajstić information content (AvgIpc) is 3.41. The first-order chi connectivity index (χ1) is 14.5. The first-order valence-corrected chi connectivity index (χ1v) is 10.3. The van der Waals surface area contributed by atoms with Crippen LogP contribution < -0.4 is 5.32 Å². The van der Waals surface area contributed by atoms with Crippen molar-refractivity contribution in [2.24, 2.45) is 0 Å². The molecule has 1 unspecified atom stereocenters. The van der Waals surface area contributed by atoms with Gasteiger partial charge in [0, 0.05) is 4.88 Å². The van der Waals surface area contributed by atoms with E-state index < -0.39 is 5.97 Å². The van der Waals surface area contributed by atoms with Crippen molar-refractivity contribution in [2.75, 3.05) is 6.61 Å². The minimum atomic E-state index is -0.630. The van der Waals surface area contributed by atoms with Crippen LogP contribution in [0.25, 0.3) is 21.5 Å². The third-order valence-corrected chi connectivity index (χ3v) is 5.71. The van der Waals surface area contributed by atoms with Crippen molar-refractivity contribution in [3.8, 4) is 10.8 Å². The van der Waals surface area contributed by atoms with Crippen LogP contribution in [0.1, 0.15) is 33.9 Å². The lowest BCUT2D eigenvalue weighted by atomic mass is 10.00. The van der Waals surface area contributed by atoms with Gasteiger partial charge in [-0.25, -0.2) is 9.78 Å². The van der Waals surface area contributed by atoms with Gasteiger partial charge >= 0.3 is 5.97 Å². The molecule has 2 aromatic heterocycles. The second-order valence-electron chi connectivity index (χ2n) is 6.83. The Hall–Kier alpha value is -3.45. The molecule has 0 aliphatic heterocycles. The molecule has 7 heteroatoms. The molecule has 0 aliphatic rings. The molecule has 0 fully saturated rings. The molecule has 0 saturated heterocycles. The number of carbonyl (C=O) groups excluding carboxylic acids is 2. The van der Waals surface area contributed by atoms with E-state index >= 15 is 0 Å². The van der Waals surface area contributed by atoms with E-state index in [-0.39, 0.29) is 24.2 Å². The molecule has 0 saturated carbocycles. The second-order valence-corrected chi connectivity index (χ2v) is 8.04. The molecule has 1 atom stereocenters. The van der Waals surface area contributed by atoms with E-state index in [9.17, 15) is 9.59 Å². The molecule has 0 bridgehead atoms. The van der Waals surface area contributed by atoms with E-state index in [0.29, 0.717) is 15.6 Å². The van der Waals surface area contributed by atoms with Crippen LogP contribution in [0.15, 0.2) is 65.3 Å². The zero-order chi connectivity index (χ0) is 21.1. The molecule has 30 heavy (non-hydrogen) atoms. The molecule has 0 spiro atoms. The monoisotopic (exact) mass is 420 g/mol. The number of fused-ring (bicyclic) bond motifs is 1. The highest BCUT2D eigenvalue weighted by Gasteiger charge is 2.20. The molecule has 2 aromatic carbocycles. The number of nitrogens with zero attached hydrogens (tertiary/aromatic N) is 1. The lowest BCUT2D eigenvalue weighted by molar-refractivity contribution is -0.124. The van der Waals surface area contributed by atoms with Gasteiger partial charge in [-0.05, 0) is 42.3 Å². The van der Waals surface area contributed by atoms with E-state index in [2.05, 4.69) is 10.3 Å². The number of carbonyl (C=O) groups is 2. The normalized spacial score (nSPS) is 11.9. The van der Waals surface area contributed by atoms with Gasteiger partial charge in [-0.15, -0.1) is 11.3 Å². The van der Waals surface area contributed by atoms with Gasteiger partial charge in [-0.2, -0.15) is 0 Å². The fourth-order valence-corrected chi connectivity index (χ4v) is 4.15. The highest BCUT2D eigenvalue weighted by Crippen LogP contribution is 2.28. The minimum Gasteiger partial charge on any atom is -0.462 e. The quantitative estimate of drug-likeness (QED) is 0.449. The lowest BCUT2D eigenvalue weighted by Gasteiger charge is -2.16. The van der Waals surface area contributed by atoms with Crippen molar-refractivity contribution in [3.05, 3.63) is 77.0 Å². The van der Waals surface area contributed by atoms with Crippen LogP contribution in [0.5, 0.6) is 0 Å². The molecule has 4 rings (SSSR count). The number of esters is 1. The molecule has 152 valence electrons. The zero-order valence-corrected chi connectivity index (χ0v) is 17.4. The fraction of sp³-hybridized carbons (Fsp3) is 0.174. The SMILES string of the molecule is Cc1sc(-c2ccco2)nc1C(=O)OCC(=O)NC(C)c1cccc2ccccc12. The van der Waals surface area contributed by atoms with Gasteiger partial charge in [-0.1, -0.05) is 42.5 Å². The predicted octanol–water partition coefficient (Wildman–Crippen LogP) is 4.90. The summed E-state index contributed by atoms with van der Waals surface area (Å²) < 4.78 is 10.5. The molecule has 6 nitrogen and oxygen atoms in total. The van der Waals surface area contributed by atoms with Crippen LogP contribution in [-0.2, 0) is 9.53 Å². The van der Waals surface area contributed by atoms with Crippen molar-refractivity contribution in [3.63, 3.8) is 0 Å². The topological polar surface area (TPSA) is 81.4 Å². The zero-order valence-electron chi connectivity index (χ0n) is 16.5. The highest BCUT2D eigenvalue weighted by atomic mass is 32.1. The van der Waals surface area contributed by atoms with Gasteiger partial charge in [0.15, 0.2) is 23.1 Å². The van der Waals surface area contributed by atoms with Gasteiger partial charge < -0.3 is 14.5 Å². The first-order valence-electron chi connectivity index (χ1n) is 9.48. The number of aromatic nitrogens is 1. The van der Waals surface area contributed by atoms with E-state index in [4.69, 9.17) is 9.15 Å². The van der Waals surface area contributed by atoms with Crippen LogP contribution in [-0.4, -0.2) is 23.5 Å². The van der Waals surface area contributed by atoms with Crippen LogP contribution in [0.3, 0.4) is 0 Å². The van der Waals surface area contributed by atoms with Gasteiger partial charge in [-0.3, -0.25) is 4.79 Å². The van der Waals surface area contributed by atoms with Crippen LogP contribution in [0.2, 0.25) is 0 Å². The number of aryl methyl sites for hydroxylation is 1. The van der Waals surface area contributed by atoms with Crippen LogP contribution in [0.4, 0.5) is 0 Å². The van der Waals surface area contributed by atoms with Crippen molar-refractivity contribution in [2.45, 2.75) is 19.9 Å².